The fourth-order valence-electron chi connectivity index (χ4n) is 2.19. The summed E-state index contributed by atoms with van der Waals surface area (Å²) in [7, 11) is 0. The van der Waals surface area contributed by atoms with Gasteiger partial charge < -0.3 is 9.80 Å². The van der Waals surface area contributed by atoms with Crippen molar-refractivity contribution in [2.24, 2.45) is 0 Å². The van der Waals surface area contributed by atoms with E-state index in [1.807, 2.05) is 11.8 Å². The van der Waals surface area contributed by atoms with Gasteiger partial charge in [0.1, 0.15) is 5.82 Å². The molecule has 118 valence electrons. The molecule has 2 aromatic heterocycles. The first kappa shape index (κ1) is 14.9. The number of anilines is 2. The Morgan fingerprint density at radius 3 is 2.23 bits per heavy atom. The molecular formula is C12H13F3N6S. The van der Waals surface area contributed by atoms with Crippen LogP contribution in [-0.2, 0) is 6.18 Å². The van der Waals surface area contributed by atoms with Crippen LogP contribution in [0.1, 0.15) is 11.5 Å². The maximum absolute atomic E-state index is 12.5. The highest BCUT2D eigenvalue weighted by molar-refractivity contribution is 7.09. The van der Waals surface area contributed by atoms with Gasteiger partial charge in [-0.2, -0.15) is 17.5 Å². The standard InChI is InChI=1S/C12H13F3N6S/c1-8-16-11(22-19-8)21-6-4-20(5-7-21)10-3-2-9(17-18-10)12(13,14)15/h2-3H,4-7H2,1H3. The van der Waals surface area contributed by atoms with Crippen molar-refractivity contribution in [1.29, 1.82) is 0 Å². The van der Waals surface area contributed by atoms with Crippen molar-refractivity contribution in [3.63, 3.8) is 0 Å². The van der Waals surface area contributed by atoms with E-state index in [2.05, 4.69) is 24.5 Å². The maximum Gasteiger partial charge on any atom is 0.435 e. The Bertz CT molecular complexity index is 633. The second-order valence-corrected chi connectivity index (χ2v) is 5.60. The molecule has 1 aliphatic heterocycles. The maximum atomic E-state index is 12.5. The Hall–Kier alpha value is -1.97. The lowest BCUT2D eigenvalue weighted by Crippen LogP contribution is -2.46. The Balaban J connectivity index is 1.64. The second-order valence-electron chi connectivity index (χ2n) is 4.87. The van der Waals surface area contributed by atoms with E-state index < -0.39 is 11.9 Å². The van der Waals surface area contributed by atoms with Crippen LogP contribution in [-0.4, -0.2) is 45.7 Å². The van der Waals surface area contributed by atoms with Crippen molar-refractivity contribution in [2.75, 3.05) is 36.0 Å². The Morgan fingerprint density at radius 2 is 1.73 bits per heavy atom. The molecule has 0 N–H and O–H groups in total. The van der Waals surface area contributed by atoms with Gasteiger partial charge in [0, 0.05) is 37.7 Å². The third kappa shape index (κ3) is 3.11. The average molecular weight is 330 g/mol. The van der Waals surface area contributed by atoms with E-state index in [9.17, 15) is 13.2 Å². The Labute approximate surface area is 128 Å². The first-order valence-electron chi connectivity index (χ1n) is 6.64. The van der Waals surface area contributed by atoms with Gasteiger partial charge in [-0.3, -0.25) is 0 Å². The van der Waals surface area contributed by atoms with Gasteiger partial charge in [0.15, 0.2) is 11.5 Å². The molecule has 1 aliphatic rings. The molecule has 1 saturated heterocycles. The lowest BCUT2D eigenvalue weighted by molar-refractivity contribution is -0.141. The molecule has 0 saturated carbocycles. The van der Waals surface area contributed by atoms with Crippen molar-refractivity contribution < 1.29 is 13.2 Å². The van der Waals surface area contributed by atoms with Crippen LogP contribution in [0.15, 0.2) is 12.1 Å². The summed E-state index contributed by atoms with van der Waals surface area (Å²) >= 11 is 1.35. The number of halogens is 3. The average Bonchev–Trinajstić information content (AvgIpc) is 2.93. The van der Waals surface area contributed by atoms with E-state index in [4.69, 9.17) is 0 Å². The highest BCUT2D eigenvalue weighted by atomic mass is 32.1. The summed E-state index contributed by atoms with van der Waals surface area (Å²) in [5, 5.41) is 7.81. The normalized spacial score (nSPS) is 16.2. The highest BCUT2D eigenvalue weighted by Gasteiger charge is 2.33. The number of aryl methyl sites for hydroxylation is 1. The lowest BCUT2D eigenvalue weighted by Gasteiger charge is -2.34. The summed E-state index contributed by atoms with van der Waals surface area (Å²) in [6.45, 7) is 4.58. The Kier molecular flexibility index (Phi) is 3.85. The molecule has 3 heterocycles. The van der Waals surface area contributed by atoms with Gasteiger partial charge in [-0.25, -0.2) is 4.98 Å². The molecule has 0 radical (unpaired) electrons. The topological polar surface area (TPSA) is 58.0 Å². The molecule has 3 rings (SSSR count). The molecule has 0 aromatic carbocycles. The first-order valence-corrected chi connectivity index (χ1v) is 7.42. The van der Waals surface area contributed by atoms with Crippen molar-refractivity contribution >= 4 is 22.5 Å². The van der Waals surface area contributed by atoms with Crippen LogP contribution >= 0.6 is 11.5 Å². The quantitative estimate of drug-likeness (QED) is 0.839. The Morgan fingerprint density at radius 1 is 1.05 bits per heavy atom. The van der Waals surface area contributed by atoms with Gasteiger partial charge in [-0.15, -0.1) is 10.2 Å². The number of hydrogen-bond acceptors (Lipinski definition) is 7. The number of piperazine rings is 1. The third-order valence-electron chi connectivity index (χ3n) is 3.33. The summed E-state index contributed by atoms with van der Waals surface area (Å²) in [6.07, 6.45) is -4.46. The largest absolute Gasteiger partial charge is 0.435 e. The fraction of sp³-hybridized carbons (Fsp3) is 0.500. The molecule has 1 fully saturated rings. The van der Waals surface area contributed by atoms with Crippen molar-refractivity contribution in [1.82, 2.24) is 19.6 Å². The zero-order chi connectivity index (χ0) is 15.7. The summed E-state index contributed by atoms with van der Waals surface area (Å²) in [5.41, 5.74) is -0.973. The molecule has 0 unspecified atom stereocenters. The molecule has 22 heavy (non-hydrogen) atoms. The fourth-order valence-corrected chi connectivity index (χ4v) is 2.91. The van der Waals surface area contributed by atoms with E-state index in [-0.39, 0.29) is 0 Å². The number of rotatable bonds is 2. The molecule has 0 bridgehead atoms. The number of nitrogens with zero attached hydrogens (tertiary/aromatic N) is 6. The van der Waals surface area contributed by atoms with Gasteiger partial charge in [0.2, 0.25) is 5.13 Å². The van der Waals surface area contributed by atoms with Gasteiger partial charge >= 0.3 is 6.18 Å². The van der Waals surface area contributed by atoms with Gasteiger partial charge in [0.25, 0.3) is 0 Å². The minimum Gasteiger partial charge on any atom is -0.352 e. The van der Waals surface area contributed by atoms with Crippen LogP contribution in [0, 0.1) is 6.92 Å². The summed E-state index contributed by atoms with van der Waals surface area (Å²) < 4.78 is 41.6. The van der Waals surface area contributed by atoms with Crippen molar-refractivity contribution in [2.45, 2.75) is 13.1 Å². The van der Waals surface area contributed by atoms with Crippen LogP contribution < -0.4 is 9.80 Å². The van der Waals surface area contributed by atoms with E-state index in [0.29, 0.717) is 18.9 Å². The van der Waals surface area contributed by atoms with Crippen LogP contribution in [0.4, 0.5) is 24.1 Å². The molecule has 0 aliphatic carbocycles. The van der Waals surface area contributed by atoms with Gasteiger partial charge in [0.05, 0.1) is 0 Å². The number of hydrogen-bond donors (Lipinski definition) is 0. The summed E-state index contributed by atoms with van der Waals surface area (Å²) in [4.78, 5) is 8.36. The summed E-state index contributed by atoms with van der Waals surface area (Å²) in [6, 6.07) is 2.32. The van der Waals surface area contributed by atoms with Gasteiger partial charge in [-0.1, -0.05) is 0 Å². The molecule has 0 atom stereocenters. The predicted molar refractivity (Wildman–Crippen MR) is 76.1 cm³/mol. The zero-order valence-electron chi connectivity index (χ0n) is 11.7. The van der Waals surface area contributed by atoms with E-state index in [1.165, 1.54) is 17.6 Å². The van der Waals surface area contributed by atoms with E-state index in [1.54, 1.807) is 0 Å². The number of alkyl halides is 3. The van der Waals surface area contributed by atoms with Crippen molar-refractivity contribution in [3.05, 3.63) is 23.7 Å². The van der Waals surface area contributed by atoms with Crippen LogP contribution in [0.3, 0.4) is 0 Å². The molecule has 6 nitrogen and oxygen atoms in total. The van der Waals surface area contributed by atoms with Crippen LogP contribution in [0.2, 0.25) is 0 Å². The number of aromatic nitrogens is 4. The molecular weight excluding hydrogens is 317 g/mol. The summed E-state index contributed by atoms with van der Waals surface area (Å²) in [5.74, 6) is 1.21. The predicted octanol–water partition coefficient (Wildman–Crippen LogP) is 1.98. The monoisotopic (exact) mass is 330 g/mol. The minimum absolute atomic E-state index is 0.459. The molecule has 0 amide bonds. The second kappa shape index (κ2) is 5.67. The van der Waals surface area contributed by atoms with Crippen molar-refractivity contribution in [3.8, 4) is 0 Å². The van der Waals surface area contributed by atoms with Gasteiger partial charge in [-0.05, 0) is 19.1 Å². The van der Waals surface area contributed by atoms with E-state index in [0.717, 1.165) is 30.1 Å². The minimum atomic E-state index is -4.46. The van der Waals surface area contributed by atoms with Crippen LogP contribution in [0.25, 0.3) is 0 Å². The molecule has 0 spiro atoms. The molecule has 10 heteroatoms. The van der Waals surface area contributed by atoms with Crippen LogP contribution in [0.5, 0.6) is 0 Å². The highest BCUT2D eigenvalue weighted by Crippen LogP contribution is 2.28. The molecule has 2 aromatic rings. The third-order valence-corrected chi connectivity index (χ3v) is 4.20. The first-order chi connectivity index (χ1) is 10.4. The zero-order valence-corrected chi connectivity index (χ0v) is 12.5. The smallest absolute Gasteiger partial charge is 0.352 e. The lowest BCUT2D eigenvalue weighted by atomic mass is 10.3. The SMILES string of the molecule is Cc1nsc(N2CCN(c3ccc(C(F)(F)F)nn3)CC2)n1. The van der Waals surface area contributed by atoms with E-state index >= 15 is 0 Å².